The third-order valence-electron chi connectivity index (χ3n) is 4.44. The maximum absolute atomic E-state index is 12.5. The number of H-pyrrole nitrogens is 1. The molecule has 3 N–H and O–H groups in total. The van der Waals surface area contributed by atoms with Crippen molar-refractivity contribution in [1.82, 2.24) is 9.97 Å². The SMILES string of the molecule is CC(=O)Oc1cccc(C(=O)Nc2ccc(NC(=O)c3ccc4nc[nH]c4c3)cc2)c1. The molecule has 4 rings (SSSR count). The Morgan fingerprint density at radius 3 is 2.13 bits per heavy atom. The molecule has 0 saturated heterocycles. The Morgan fingerprint density at radius 2 is 1.48 bits per heavy atom. The highest BCUT2D eigenvalue weighted by Gasteiger charge is 2.10. The number of nitrogens with zero attached hydrogens (tertiary/aromatic N) is 1. The fraction of sp³-hybridized carbons (Fsp3) is 0.0435. The number of imidazole rings is 1. The fourth-order valence-corrected chi connectivity index (χ4v) is 2.99. The van der Waals surface area contributed by atoms with E-state index in [1.165, 1.54) is 13.0 Å². The summed E-state index contributed by atoms with van der Waals surface area (Å²) in [4.78, 5) is 43.1. The van der Waals surface area contributed by atoms with Crippen LogP contribution in [0.1, 0.15) is 27.6 Å². The Labute approximate surface area is 177 Å². The number of aromatic amines is 1. The van der Waals surface area contributed by atoms with Gasteiger partial charge in [0.25, 0.3) is 11.8 Å². The minimum atomic E-state index is -0.459. The van der Waals surface area contributed by atoms with E-state index in [-0.39, 0.29) is 11.8 Å². The van der Waals surface area contributed by atoms with Gasteiger partial charge in [-0.25, -0.2) is 4.98 Å². The summed E-state index contributed by atoms with van der Waals surface area (Å²) >= 11 is 0. The highest BCUT2D eigenvalue weighted by molar-refractivity contribution is 6.06. The van der Waals surface area contributed by atoms with Gasteiger partial charge in [-0.15, -0.1) is 0 Å². The first kappa shape index (κ1) is 19.8. The second-order valence-corrected chi connectivity index (χ2v) is 6.74. The molecule has 0 fully saturated rings. The van der Waals surface area contributed by atoms with Crippen LogP contribution in [0.2, 0.25) is 0 Å². The molecule has 0 saturated carbocycles. The van der Waals surface area contributed by atoms with E-state index in [1.54, 1.807) is 67.0 Å². The van der Waals surface area contributed by atoms with Crippen LogP contribution in [-0.4, -0.2) is 27.8 Å². The Hall–Kier alpha value is -4.46. The van der Waals surface area contributed by atoms with Gasteiger partial charge in [-0.05, 0) is 60.7 Å². The topological polar surface area (TPSA) is 113 Å². The number of benzene rings is 3. The number of nitrogens with one attached hydrogen (secondary N) is 3. The van der Waals surface area contributed by atoms with Crippen molar-refractivity contribution < 1.29 is 19.1 Å². The molecular weight excluding hydrogens is 396 g/mol. The van der Waals surface area contributed by atoms with Gasteiger partial charge in [0, 0.05) is 29.4 Å². The molecule has 154 valence electrons. The number of amides is 2. The van der Waals surface area contributed by atoms with Crippen molar-refractivity contribution >= 4 is 40.2 Å². The van der Waals surface area contributed by atoms with E-state index >= 15 is 0 Å². The van der Waals surface area contributed by atoms with Crippen molar-refractivity contribution in [1.29, 1.82) is 0 Å². The molecular formula is C23H18N4O4. The summed E-state index contributed by atoms with van der Waals surface area (Å²) in [6.45, 7) is 1.29. The molecule has 1 aromatic heterocycles. The minimum Gasteiger partial charge on any atom is -0.427 e. The summed E-state index contributed by atoms with van der Waals surface area (Å²) in [5.74, 6) is -0.763. The summed E-state index contributed by atoms with van der Waals surface area (Å²) in [5.41, 5.74) is 3.56. The number of ether oxygens (including phenoxy) is 1. The molecule has 3 aromatic carbocycles. The Kier molecular flexibility index (Phi) is 5.44. The third kappa shape index (κ3) is 4.76. The van der Waals surface area contributed by atoms with Crippen LogP contribution in [0.5, 0.6) is 5.75 Å². The van der Waals surface area contributed by atoms with E-state index < -0.39 is 5.97 Å². The summed E-state index contributed by atoms with van der Waals surface area (Å²) in [6, 6.07) is 18.3. The molecule has 4 aromatic rings. The zero-order valence-corrected chi connectivity index (χ0v) is 16.5. The highest BCUT2D eigenvalue weighted by atomic mass is 16.5. The van der Waals surface area contributed by atoms with E-state index in [9.17, 15) is 14.4 Å². The summed E-state index contributed by atoms with van der Waals surface area (Å²) in [6.07, 6.45) is 1.58. The summed E-state index contributed by atoms with van der Waals surface area (Å²) in [5, 5.41) is 5.58. The number of carbonyl (C=O) groups is 3. The number of hydrogen-bond acceptors (Lipinski definition) is 5. The molecule has 0 bridgehead atoms. The molecule has 0 spiro atoms. The van der Waals surface area contributed by atoms with Crippen molar-refractivity contribution in [3.8, 4) is 5.75 Å². The fourth-order valence-electron chi connectivity index (χ4n) is 2.99. The lowest BCUT2D eigenvalue weighted by Gasteiger charge is -2.09. The van der Waals surface area contributed by atoms with Crippen LogP contribution in [0, 0.1) is 0 Å². The predicted molar refractivity (Wildman–Crippen MR) is 116 cm³/mol. The summed E-state index contributed by atoms with van der Waals surface area (Å²) < 4.78 is 5.00. The van der Waals surface area contributed by atoms with Crippen LogP contribution < -0.4 is 15.4 Å². The molecule has 31 heavy (non-hydrogen) atoms. The summed E-state index contributed by atoms with van der Waals surface area (Å²) in [7, 11) is 0. The standard InChI is InChI=1S/C23H18N4O4/c1-14(28)31-19-4-2-3-15(11-19)22(29)26-17-6-8-18(9-7-17)27-23(30)16-5-10-20-21(12-16)25-13-24-20/h2-13H,1H3,(H,24,25)(H,26,29)(H,27,30). The van der Waals surface area contributed by atoms with Gasteiger partial charge in [0.15, 0.2) is 0 Å². The van der Waals surface area contributed by atoms with Gasteiger partial charge in [-0.1, -0.05) is 6.07 Å². The molecule has 8 nitrogen and oxygen atoms in total. The van der Waals surface area contributed by atoms with Crippen LogP contribution in [-0.2, 0) is 4.79 Å². The van der Waals surface area contributed by atoms with Crippen molar-refractivity contribution in [3.63, 3.8) is 0 Å². The largest absolute Gasteiger partial charge is 0.427 e. The smallest absolute Gasteiger partial charge is 0.308 e. The number of fused-ring (bicyclic) bond motifs is 1. The normalized spacial score (nSPS) is 10.5. The zero-order valence-electron chi connectivity index (χ0n) is 16.5. The molecule has 8 heteroatoms. The van der Waals surface area contributed by atoms with Crippen LogP contribution in [0.3, 0.4) is 0 Å². The second kappa shape index (κ2) is 8.50. The number of hydrogen-bond donors (Lipinski definition) is 3. The predicted octanol–water partition coefficient (Wildman–Crippen LogP) is 3.99. The van der Waals surface area contributed by atoms with Crippen LogP contribution >= 0.6 is 0 Å². The van der Waals surface area contributed by atoms with Crippen molar-refractivity contribution in [3.05, 3.63) is 84.2 Å². The van der Waals surface area contributed by atoms with Gasteiger partial charge < -0.3 is 20.4 Å². The van der Waals surface area contributed by atoms with Crippen LogP contribution in [0.4, 0.5) is 11.4 Å². The number of rotatable bonds is 5. The van der Waals surface area contributed by atoms with E-state index in [2.05, 4.69) is 20.6 Å². The van der Waals surface area contributed by atoms with Crippen LogP contribution in [0.25, 0.3) is 11.0 Å². The Morgan fingerprint density at radius 1 is 0.839 bits per heavy atom. The van der Waals surface area contributed by atoms with E-state index in [0.717, 1.165) is 11.0 Å². The Balaban J connectivity index is 1.40. The zero-order chi connectivity index (χ0) is 21.8. The lowest BCUT2D eigenvalue weighted by atomic mass is 10.1. The lowest BCUT2D eigenvalue weighted by Crippen LogP contribution is -2.13. The van der Waals surface area contributed by atoms with E-state index in [1.807, 2.05) is 0 Å². The molecule has 0 aliphatic carbocycles. The number of carbonyl (C=O) groups excluding carboxylic acids is 3. The number of anilines is 2. The van der Waals surface area contributed by atoms with Gasteiger partial charge in [0.05, 0.1) is 17.4 Å². The molecule has 0 aliphatic heterocycles. The van der Waals surface area contributed by atoms with Gasteiger partial charge >= 0.3 is 5.97 Å². The first-order valence-electron chi connectivity index (χ1n) is 9.42. The Bertz CT molecular complexity index is 1280. The molecule has 0 aliphatic rings. The molecule has 0 radical (unpaired) electrons. The second-order valence-electron chi connectivity index (χ2n) is 6.74. The first-order valence-corrected chi connectivity index (χ1v) is 9.42. The maximum atomic E-state index is 12.5. The number of aromatic nitrogens is 2. The first-order chi connectivity index (χ1) is 15.0. The van der Waals surface area contributed by atoms with Gasteiger partial charge in [-0.3, -0.25) is 14.4 Å². The van der Waals surface area contributed by atoms with Crippen molar-refractivity contribution in [2.75, 3.05) is 10.6 Å². The monoisotopic (exact) mass is 414 g/mol. The highest BCUT2D eigenvalue weighted by Crippen LogP contribution is 2.19. The molecule has 2 amide bonds. The van der Waals surface area contributed by atoms with Crippen LogP contribution in [0.15, 0.2) is 73.1 Å². The maximum Gasteiger partial charge on any atom is 0.308 e. The van der Waals surface area contributed by atoms with E-state index in [4.69, 9.17) is 4.74 Å². The average molecular weight is 414 g/mol. The quantitative estimate of drug-likeness (QED) is 0.338. The van der Waals surface area contributed by atoms with Crippen molar-refractivity contribution in [2.45, 2.75) is 6.92 Å². The third-order valence-corrected chi connectivity index (χ3v) is 4.44. The van der Waals surface area contributed by atoms with E-state index in [0.29, 0.717) is 28.3 Å². The molecule has 0 unspecified atom stereocenters. The van der Waals surface area contributed by atoms with Gasteiger partial charge in [0.2, 0.25) is 0 Å². The number of esters is 1. The van der Waals surface area contributed by atoms with Crippen molar-refractivity contribution in [2.24, 2.45) is 0 Å². The molecule has 0 atom stereocenters. The van der Waals surface area contributed by atoms with Gasteiger partial charge in [-0.2, -0.15) is 0 Å². The average Bonchev–Trinajstić information content (AvgIpc) is 3.22. The lowest BCUT2D eigenvalue weighted by molar-refractivity contribution is -0.131. The molecule has 1 heterocycles. The minimum absolute atomic E-state index is 0.254. The van der Waals surface area contributed by atoms with Gasteiger partial charge in [0.1, 0.15) is 5.75 Å².